The fourth-order valence-electron chi connectivity index (χ4n) is 3.06. The molecule has 0 bridgehead atoms. The number of benzene rings is 1. The van der Waals surface area contributed by atoms with Crippen molar-refractivity contribution in [3.63, 3.8) is 0 Å². The van der Waals surface area contributed by atoms with Gasteiger partial charge in [0.1, 0.15) is 5.54 Å². The lowest BCUT2D eigenvalue weighted by Gasteiger charge is -2.25. The van der Waals surface area contributed by atoms with Gasteiger partial charge in [-0.05, 0) is 88.1 Å². The highest BCUT2D eigenvalue weighted by molar-refractivity contribution is 7.89. The average molecular weight is 320 g/mol. The first-order valence-electron chi connectivity index (χ1n) is 7.57. The maximum absolute atomic E-state index is 12.9. The summed E-state index contributed by atoms with van der Waals surface area (Å²) in [7, 11) is -3.73. The summed E-state index contributed by atoms with van der Waals surface area (Å²) in [5.74, 6) is 0.112. The molecule has 1 N–H and O–H groups in total. The second-order valence-electron chi connectivity index (χ2n) is 6.65. The lowest BCUT2D eigenvalue weighted by Crippen LogP contribution is -2.47. The molecule has 22 heavy (non-hydrogen) atoms. The van der Waals surface area contributed by atoms with E-state index in [-0.39, 0.29) is 5.92 Å². The quantitative estimate of drug-likeness (QED) is 0.926. The third-order valence-corrected chi connectivity index (χ3v) is 7.01. The molecule has 0 radical (unpaired) electrons. The number of nitriles is 1. The van der Waals surface area contributed by atoms with Gasteiger partial charge in [-0.25, -0.2) is 8.42 Å². The van der Waals surface area contributed by atoms with Gasteiger partial charge in [-0.3, -0.25) is 0 Å². The number of sulfonamides is 1. The Labute approximate surface area is 133 Å². The van der Waals surface area contributed by atoms with Crippen molar-refractivity contribution in [3.05, 3.63) is 27.8 Å². The van der Waals surface area contributed by atoms with Crippen molar-refractivity contribution in [1.82, 2.24) is 4.72 Å². The van der Waals surface area contributed by atoms with E-state index < -0.39 is 15.6 Å². The molecule has 0 amide bonds. The highest BCUT2D eigenvalue weighted by Gasteiger charge is 2.45. The van der Waals surface area contributed by atoms with E-state index in [0.29, 0.717) is 4.90 Å². The third-order valence-electron chi connectivity index (χ3n) is 5.17. The van der Waals surface area contributed by atoms with Crippen molar-refractivity contribution in [1.29, 1.82) is 5.26 Å². The first kappa shape index (κ1) is 17.0. The SMILES string of the molecule is Cc1c(C)c(C)c(S(=O)(=O)N[C@@](C)(C#N)C2CC2)c(C)c1C. The topological polar surface area (TPSA) is 70.0 Å². The third kappa shape index (κ3) is 2.66. The van der Waals surface area contributed by atoms with Gasteiger partial charge < -0.3 is 0 Å². The maximum atomic E-state index is 12.9. The second kappa shape index (κ2) is 5.36. The summed E-state index contributed by atoms with van der Waals surface area (Å²) in [6, 6.07) is 2.16. The van der Waals surface area contributed by atoms with Crippen LogP contribution in [-0.2, 0) is 10.0 Å². The molecule has 1 atom stereocenters. The van der Waals surface area contributed by atoms with Gasteiger partial charge in [0.25, 0.3) is 0 Å². The number of nitrogens with one attached hydrogen (secondary N) is 1. The highest BCUT2D eigenvalue weighted by Crippen LogP contribution is 2.40. The fourth-order valence-corrected chi connectivity index (χ4v) is 5.04. The minimum atomic E-state index is -3.73. The molecule has 4 nitrogen and oxygen atoms in total. The summed E-state index contributed by atoms with van der Waals surface area (Å²) in [5.41, 5.74) is 3.62. The van der Waals surface area contributed by atoms with Crippen molar-refractivity contribution in [2.24, 2.45) is 5.92 Å². The van der Waals surface area contributed by atoms with Crippen LogP contribution < -0.4 is 4.72 Å². The number of rotatable bonds is 4. The number of nitrogens with zero attached hydrogens (tertiary/aromatic N) is 1. The predicted octanol–water partition coefficient (Wildman–Crippen LogP) is 3.20. The lowest BCUT2D eigenvalue weighted by atomic mass is 9.95. The van der Waals surface area contributed by atoms with E-state index in [9.17, 15) is 13.7 Å². The normalized spacial score (nSPS) is 17.9. The Morgan fingerprint density at radius 2 is 1.41 bits per heavy atom. The highest BCUT2D eigenvalue weighted by atomic mass is 32.2. The number of hydrogen-bond acceptors (Lipinski definition) is 3. The van der Waals surface area contributed by atoms with Gasteiger partial charge in [-0.1, -0.05) is 0 Å². The molecule has 0 aliphatic heterocycles. The van der Waals surface area contributed by atoms with E-state index in [0.717, 1.165) is 40.7 Å². The molecule has 1 saturated carbocycles. The molecular weight excluding hydrogens is 296 g/mol. The van der Waals surface area contributed by atoms with Crippen LogP contribution in [0.5, 0.6) is 0 Å². The van der Waals surface area contributed by atoms with Gasteiger partial charge in [0.15, 0.2) is 0 Å². The minimum Gasteiger partial charge on any atom is -0.207 e. The van der Waals surface area contributed by atoms with E-state index in [1.54, 1.807) is 6.92 Å². The molecule has 1 aliphatic rings. The van der Waals surface area contributed by atoms with Crippen LogP contribution in [0.15, 0.2) is 4.90 Å². The van der Waals surface area contributed by atoms with Crippen molar-refractivity contribution < 1.29 is 8.42 Å². The van der Waals surface area contributed by atoms with Crippen LogP contribution >= 0.6 is 0 Å². The van der Waals surface area contributed by atoms with Crippen LogP contribution in [0, 0.1) is 51.9 Å². The Hall–Kier alpha value is -1.38. The molecule has 1 aromatic carbocycles. The standard InChI is InChI=1S/C17H24N2O2S/c1-10-11(2)13(4)16(14(5)12(10)3)22(20,21)19-17(6,9-18)15-7-8-15/h15,19H,7-8H2,1-6H3/t17-/m0/s1. The Balaban J connectivity index is 2.58. The molecule has 2 rings (SSSR count). The van der Waals surface area contributed by atoms with Gasteiger partial charge in [0, 0.05) is 0 Å². The number of hydrogen-bond donors (Lipinski definition) is 1. The van der Waals surface area contributed by atoms with Crippen LogP contribution in [0.4, 0.5) is 0 Å². The molecule has 5 heteroatoms. The second-order valence-corrected chi connectivity index (χ2v) is 8.27. The van der Waals surface area contributed by atoms with Crippen molar-refractivity contribution in [3.8, 4) is 6.07 Å². The van der Waals surface area contributed by atoms with E-state index in [2.05, 4.69) is 10.8 Å². The molecule has 0 unspecified atom stereocenters. The smallest absolute Gasteiger partial charge is 0.207 e. The van der Waals surface area contributed by atoms with E-state index >= 15 is 0 Å². The van der Waals surface area contributed by atoms with Gasteiger partial charge in [-0.2, -0.15) is 9.98 Å². The Kier molecular flexibility index (Phi) is 4.14. The van der Waals surface area contributed by atoms with Gasteiger partial charge >= 0.3 is 0 Å². The average Bonchev–Trinajstić information content (AvgIpc) is 3.27. The summed E-state index contributed by atoms with van der Waals surface area (Å²) in [5, 5.41) is 9.42. The molecule has 1 aromatic rings. The van der Waals surface area contributed by atoms with Crippen LogP contribution in [-0.4, -0.2) is 14.0 Å². The molecular formula is C17H24N2O2S. The Bertz CT molecular complexity index is 742. The summed E-state index contributed by atoms with van der Waals surface area (Å²) in [6.45, 7) is 11.3. The molecule has 120 valence electrons. The van der Waals surface area contributed by atoms with Gasteiger partial charge in [-0.15, -0.1) is 0 Å². The molecule has 0 saturated heterocycles. The van der Waals surface area contributed by atoms with Gasteiger partial charge in [0.05, 0.1) is 11.0 Å². The lowest BCUT2D eigenvalue weighted by molar-refractivity contribution is 0.458. The van der Waals surface area contributed by atoms with Crippen LogP contribution in [0.2, 0.25) is 0 Å². The molecule has 0 aromatic heterocycles. The van der Waals surface area contributed by atoms with Gasteiger partial charge in [0.2, 0.25) is 10.0 Å². The van der Waals surface area contributed by atoms with Crippen LogP contribution in [0.1, 0.15) is 47.6 Å². The largest absolute Gasteiger partial charge is 0.242 e. The van der Waals surface area contributed by atoms with E-state index in [1.165, 1.54) is 0 Å². The first-order valence-corrected chi connectivity index (χ1v) is 9.05. The monoisotopic (exact) mass is 320 g/mol. The predicted molar refractivity (Wildman–Crippen MR) is 87.2 cm³/mol. The Morgan fingerprint density at radius 1 is 1.00 bits per heavy atom. The van der Waals surface area contributed by atoms with Crippen molar-refractivity contribution in [2.45, 2.75) is 64.8 Å². The summed E-state index contributed by atoms with van der Waals surface area (Å²) in [6.07, 6.45) is 1.80. The fraction of sp³-hybridized carbons (Fsp3) is 0.588. The molecule has 1 fully saturated rings. The van der Waals surface area contributed by atoms with Crippen molar-refractivity contribution >= 4 is 10.0 Å². The molecule has 1 aliphatic carbocycles. The summed E-state index contributed by atoms with van der Waals surface area (Å²) < 4.78 is 28.5. The zero-order chi connectivity index (χ0) is 16.9. The zero-order valence-electron chi connectivity index (χ0n) is 14.2. The Morgan fingerprint density at radius 3 is 1.77 bits per heavy atom. The van der Waals surface area contributed by atoms with E-state index in [1.807, 2.05) is 34.6 Å². The van der Waals surface area contributed by atoms with E-state index in [4.69, 9.17) is 0 Å². The van der Waals surface area contributed by atoms with Crippen LogP contribution in [0.25, 0.3) is 0 Å². The molecule has 0 heterocycles. The maximum Gasteiger partial charge on any atom is 0.242 e. The summed E-state index contributed by atoms with van der Waals surface area (Å²) in [4.78, 5) is 0.329. The first-order chi connectivity index (χ1) is 10.0. The zero-order valence-corrected chi connectivity index (χ0v) is 15.0. The van der Waals surface area contributed by atoms with Crippen LogP contribution in [0.3, 0.4) is 0 Å². The molecule has 0 spiro atoms. The minimum absolute atomic E-state index is 0.112. The summed E-state index contributed by atoms with van der Waals surface area (Å²) >= 11 is 0. The van der Waals surface area contributed by atoms with Crippen molar-refractivity contribution in [2.75, 3.05) is 0 Å².